The van der Waals surface area contributed by atoms with Crippen LogP contribution in [0.25, 0.3) is 0 Å². The maximum absolute atomic E-state index is 11.6. The minimum absolute atomic E-state index is 0.407. The predicted molar refractivity (Wildman–Crippen MR) is 82.9 cm³/mol. The zero-order chi connectivity index (χ0) is 15.6. The number of rotatable bonds is 3. The van der Waals surface area contributed by atoms with Crippen molar-refractivity contribution in [2.24, 2.45) is 0 Å². The first-order valence-corrected chi connectivity index (χ1v) is 6.66. The van der Waals surface area contributed by atoms with Gasteiger partial charge in [0.15, 0.2) is 5.75 Å². The van der Waals surface area contributed by atoms with Crippen molar-refractivity contribution in [1.29, 1.82) is 0 Å². The van der Waals surface area contributed by atoms with Gasteiger partial charge in [-0.1, -0.05) is 12.1 Å². The molecular formula is C17H19NO3. The molecule has 0 atom stereocenters. The molecule has 0 fully saturated rings. The molecule has 0 radical (unpaired) electrons. The number of methoxy groups -OCH3 is 1. The average molecular weight is 285 g/mol. The topological polar surface area (TPSA) is 61.5 Å². The van der Waals surface area contributed by atoms with Crippen molar-refractivity contribution >= 4 is 11.7 Å². The first kappa shape index (κ1) is 14.9. The Morgan fingerprint density at radius 2 is 1.71 bits per heavy atom. The number of nitrogen functional groups attached to an aromatic ring is 1. The second-order valence-corrected chi connectivity index (χ2v) is 5.00. The lowest BCUT2D eigenvalue weighted by Crippen LogP contribution is -2.03. The number of nitrogens with two attached hydrogens (primary N) is 1. The second-order valence-electron chi connectivity index (χ2n) is 5.00. The number of aryl methyl sites for hydroxylation is 2. The summed E-state index contributed by atoms with van der Waals surface area (Å²) in [6.07, 6.45) is 0. The number of hydrogen-bond donors (Lipinski definition) is 1. The normalized spacial score (nSPS) is 10.3. The Bertz CT molecular complexity index is 693. The van der Waals surface area contributed by atoms with Gasteiger partial charge in [-0.05, 0) is 55.7 Å². The van der Waals surface area contributed by atoms with Gasteiger partial charge in [0.1, 0.15) is 5.75 Å². The van der Waals surface area contributed by atoms with Gasteiger partial charge in [-0.3, -0.25) is 0 Å². The van der Waals surface area contributed by atoms with Crippen LogP contribution in [0, 0.1) is 20.8 Å². The van der Waals surface area contributed by atoms with Gasteiger partial charge in [-0.25, -0.2) is 4.79 Å². The molecule has 0 spiro atoms. The van der Waals surface area contributed by atoms with Crippen LogP contribution in [0.4, 0.5) is 5.69 Å². The summed E-state index contributed by atoms with van der Waals surface area (Å²) >= 11 is 0. The Hall–Kier alpha value is -2.49. The van der Waals surface area contributed by atoms with Crippen molar-refractivity contribution in [3.05, 3.63) is 52.6 Å². The summed E-state index contributed by atoms with van der Waals surface area (Å²) in [7, 11) is 1.34. The van der Waals surface area contributed by atoms with Crippen LogP contribution in [0.15, 0.2) is 30.3 Å². The molecular weight excluding hydrogens is 266 g/mol. The Morgan fingerprint density at radius 3 is 2.38 bits per heavy atom. The molecule has 2 rings (SSSR count). The van der Waals surface area contributed by atoms with E-state index >= 15 is 0 Å². The van der Waals surface area contributed by atoms with E-state index in [4.69, 9.17) is 15.2 Å². The van der Waals surface area contributed by atoms with E-state index in [9.17, 15) is 4.79 Å². The summed E-state index contributed by atoms with van der Waals surface area (Å²) in [5.74, 6) is 0.802. The Labute approximate surface area is 124 Å². The van der Waals surface area contributed by atoms with Crippen LogP contribution < -0.4 is 10.5 Å². The summed E-state index contributed by atoms with van der Waals surface area (Å²) in [6.45, 7) is 6.00. The molecule has 0 amide bonds. The molecule has 2 aromatic carbocycles. The predicted octanol–water partition coefficient (Wildman–Crippen LogP) is 3.77. The van der Waals surface area contributed by atoms with E-state index in [1.807, 2.05) is 32.9 Å². The van der Waals surface area contributed by atoms with Crippen molar-refractivity contribution in [2.75, 3.05) is 12.8 Å². The van der Waals surface area contributed by atoms with Crippen molar-refractivity contribution in [3.8, 4) is 11.5 Å². The maximum atomic E-state index is 11.6. The molecule has 0 aliphatic rings. The quantitative estimate of drug-likeness (QED) is 0.688. The van der Waals surface area contributed by atoms with E-state index < -0.39 is 5.97 Å². The number of hydrogen-bond acceptors (Lipinski definition) is 4. The van der Waals surface area contributed by atoms with Gasteiger partial charge in [0.05, 0.1) is 18.4 Å². The Morgan fingerprint density at radius 1 is 1.05 bits per heavy atom. The third kappa shape index (κ3) is 2.99. The molecule has 0 unspecified atom stereocenters. The van der Waals surface area contributed by atoms with Gasteiger partial charge in [0, 0.05) is 0 Å². The summed E-state index contributed by atoms with van der Waals surface area (Å²) in [5, 5.41) is 0. The van der Waals surface area contributed by atoms with E-state index in [0.717, 1.165) is 22.4 Å². The van der Waals surface area contributed by atoms with Gasteiger partial charge >= 0.3 is 5.97 Å². The molecule has 0 heterocycles. The molecule has 110 valence electrons. The largest absolute Gasteiger partial charge is 0.465 e. The Balaban J connectivity index is 2.45. The smallest absolute Gasteiger partial charge is 0.337 e. The SMILES string of the molecule is COC(=O)c1ccc(N)c(Oc2c(C)ccc(C)c2C)c1. The van der Waals surface area contributed by atoms with Gasteiger partial charge in [0.25, 0.3) is 0 Å². The molecule has 0 aromatic heterocycles. The highest BCUT2D eigenvalue weighted by molar-refractivity contribution is 5.90. The van der Waals surface area contributed by atoms with E-state index in [1.165, 1.54) is 7.11 Å². The summed E-state index contributed by atoms with van der Waals surface area (Å²) in [4.78, 5) is 11.6. The number of carbonyl (C=O) groups is 1. The van der Waals surface area contributed by atoms with Gasteiger partial charge in [-0.15, -0.1) is 0 Å². The highest BCUT2D eigenvalue weighted by Gasteiger charge is 2.13. The summed E-state index contributed by atoms with van der Waals surface area (Å²) in [5.41, 5.74) is 10.0. The lowest BCUT2D eigenvalue weighted by atomic mass is 10.1. The van der Waals surface area contributed by atoms with Crippen LogP contribution in [-0.2, 0) is 4.74 Å². The zero-order valence-electron chi connectivity index (χ0n) is 12.7. The lowest BCUT2D eigenvalue weighted by Gasteiger charge is -2.15. The summed E-state index contributed by atoms with van der Waals surface area (Å²) < 4.78 is 10.7. The first-order valence-electron chi connectivity index (χ1n) is 6.66. The van der Waals surface area contributed by atoms with Crippen molar-refractivity contribution in [1.82, 2.24) is 0 Å². The monoisotopic (exact) mass is 285 g/mol. The Kier molecular flexibility index (Phi) is 4.17. The molecule has 0 aliphatic heterocycles. The minimum Gasteiger partial charge on any atom is -0.465 e. The molecule has 2 aromatic rings. The number of carbonyl (C=O) groups excluding carboxylic acids is 1. The molecule has 0 bridgehead atoms. The van der Waals surface area contributed by atoms with E-state index in [1.54, 1.807) is 18.2 Å². The van der Waals surface area contributed by atoms with E-state index in [2.05, 4.69) is 0 Å². The molecule has 4 nitrogen and oxygen atoms in total. The third-order valence-electron chi connectivity index (χ3n) is 3.52. The third-order valence-corrected chi connectivity index (χ3v) is 3.52. The second kappa shape index (κ2) is 5.87. The van der Waals surface area contributed by atoms with E-state index in [-0.39, 0.29) is 0 Å². The van der Waals surface area contributed by atoms with Crippen molar-refractivity contribution < 1.29 is 14.3 Å². The molecule has 4 heteroatoms. The molecule has 0 saturated carbocycles. The lowest BCUT2D eigenvalue weighted by molar-refractivity contribution is 0.0600. The van der Waals surface area contributed by atoms with Crippen molar-refractivity contribution in [3.63, 3.8) is 0 Å². The van der Waals surface area contributed by atoms with Gasteiger partial charge in [-0.2, -0.15) is 0 Å². The molecule has 0 saturated heterocycles. The number of esters is 1. The molecule has 21 heavy (non-hydrogen) atoms. The number of ether oxygens (including phenoxy) is 2. The van der Waals surface area contributed by atoms with Crippen LogP contribution in [0.2, 0.25) is 0 Å². The number of anilines is 1. The molecule has 2 N–H and O–H groups in total. The van der Waals surface area contributed by atoms with Crippen LogP contribution >= 0.6 is 0 Å². The van der Waals surface area contributed by atoms with Gasteiger partial charge < -0.3 is 15.2 Å². The van der Waals surface area contributed by atoms with Gasteiger partial charge in [0.2, 0.25) is 0 Å². The summed E-state index contributed by atoms with van der Waals surface area (Å²) in [6, 6.07) is 8.90. The standard InChI is InChI=1S/C17H19NO3/c1-10-5-6-11(2)16(12(10)3)21-15-9-13(17(19)20-4)7-8-14(15)18/h5-9H,18H2,1-4H3. The maximum Gasteiger partial charge on any atom is 0.337 e. The van der Waals surface area contributed by atoms with E-state index in [0.29, 0.717) is 17.0 Å². The van der Waals surface area contributed by atoms with Crippen LogP contribution in [0.5, 0.6) is 11.5 Å². The van der Waals surface area contributed by atoms with Crippen LogP contribution in [0.3, 0.4) is 0 Å². The first-order chi connectivity index (χ1) is 9.93. The highest BCUT2D eigenvalue weighted by Crippen LogP contribution is 2.34. The fraction of sp³-hybridized carbons (Fsp3) is 0.235. The molecule has 0 aliphatic carbocycles. The average Bonchev–Trinajstić information content (AvgIpc) is 2.48. The highest BCUT2D eigenvalue weighted by atomic mass is 16.5. The fourth-order valence-corrected chi connectivity index (χ4v) is 2.06. The van der Waals surface area contributed by atoms with Crippen molar-refractivity contribution in [2.45, 2.75) is 20.8 Å². The van der Waals surface area contributed by atoms with Crippen LogP contribution in [0.1, 0.15) is 27.0 Å². The zero-order valence-corrected chi connectivity index (χ0v) is 12.7. The minimum atomic E-state index is -0.419. The number of benzene rings is 2. The fourth-order valence-electron chi connectivity index (χ4n) is 2.06. The van der Waals surface area contributed by atoms with Crippen LogP contribution in [-0.4, -0.2) is 13.1 Å².